The number of carbonyl (C=O) groups excluding carboxylic acids is 2. The van der Waals surface area contributed by atoms with Crippen molar-refractivity contribution in [1.82, 2.24) is 20.2 Å². The zero-order valence-electron chi connectivity index (χ0n) is 13.7. The Labute approximate surface area is 143 Å². The van der Waals surface area contributed by atoms with E-state index in [0.717, 1.165) is 12.3 Å². The molecule has 2 heterocycles. The highest BCUT2D eigenvalue weighted by Gasteiger charge is 2.33. The lowest BCUT2D eigenvalue weighted by atomic mass is 9.95. The zero-order chi connectivity index (χ0) is 18.6. The van der Waals surface area contributed by atoms with E-state index in [1.165, 1.54) is 13.0 Å². The van der Waals surface area contributed by atoms with E-state index in [-0.39, 0.29) is 23.6 Å². The van der Waals surface area contributed by atoms with E-state index in [4.69, 9.17) is 0 Å². The first-order chi connectivity index (χ1) is 11.7. The summed E-state index contributed by atoms with van der Waals surface area (Å²) >= 11 is 0. The van der Waals surface area contributed by atoms with Crippen LogP contribution < -0.4 is 5.32 Å². The standard InChI is InChI=1S/C16H19F3N4O2/c1-3-13(24)23-8-5-11(6-9-23)15(25)21-10(2)14-20-7-4-12(22-14)16(17,18)19/h3-4,7,10-11H,1,5-6,8-9H2,2H3,(H,21,25). The molecule has 136 valence electrons. The monoisotopic (exact) mass is 356 g/mol. The first-order valence-corrected chi connectivity index (χ1v) is 7.84. The molecule has 1 aliphatic rings. The molecule has 25 heavy (non-hydrogen) atoms. The van der Waals surface area contributed by atoms with Crippen molar-refractivity contribution < 1.29 is 22.8 Å². The topological polar surface area (TPSA) is 75.2 Å². The Balaban J connectivity index is 1.95. The van der Waals surface area contributed by atoms with Crippen LogP contribution in [0.5, 0.6) is 0 Å². The Morgan fingerprint density at radius 3 is 2.60 bits per heavy atom. The van der Waals surface area contributed by atoms with Crippen LogP contribution >= 0.6 is 0 Å². The van der Waals surface area contributed by atoms with E-state index in [0.29, 0.717) is 25.9 Å². The Bertz CT molecular complexity index is 655. The first-order valence-electron chi connectivity index (χ1n) is 7.84. The molecule has 2 amide bonds. The molecule has 2 rings (SSSR count). The minimum Gasteiger partial charge on any atom is -0.346 e. The summed E-state index contributed by atoms with van der Waals surface area (Å²) in [4.78, 5) is 32.7. The number of likely N-dealkylation sites (tertiary alicyclic amines) is 1. The average Bonchev–Trinajstić information content (AvgIpc) is 2.60. The van der Waals surface area contributed by atoms with Gasteiger partial charge in [0.25, 0.3) is 0 Å². The Kier molecular flexibility index (Phi) is 5.76. The minimum atomic E-state index is -4.56. The van der Waals surface area contributed by atoms with Crippen molar-refractivity contribution in [2.24, 2.45) is 5.92 Å². The molecule has 1 saturated heterocycles. The molecule has 0 aromatic carbocycles. The molecule has 0 aliphatic carbocycles. The number of hydrogen-bond acceptors (Lipinski definition) is 4. The number of alkyl halides is 3. The van der Waals surface area contributed by atoms with Crippen molar-refractivity contribution in [2.45, 2.75) is 32.0 Å². The lowest BCUT2D eigenvalue weighted by molar-refractivity contribution is -0.141. The molecule has 1 fully saturated rings. The van der Waals surface area contributed by atoms with E-state index in [2.05, 4.69) is 21.9 Å². The van der Waals surface area contributed by atoms with Crippen molar-refractivity contribution in [1.29, 1.82) is 0 Å². The number of halogens is 3. The van der Waals surface area contributed by atoms with Gasteiger partial charge >= 0.3 is 6.18 Å². The number of nitrogens with one attached hydrogen (secondary N) is 1. The SMILES string of the molecule is C=CC(=O)N1CCC(C(=O)NC(C)c2nccc(C(F)(F)F)n2)CC1. The third-order valence-electron chi connectivity index (χ3n) is 4.06. The number of rotatable bonds is 4. The average molecular weight is 356 g/mol. The summed E-state index contributed by atoms with van der Waals surface area (Å²) < 4.78 is 38.1. The minimum absolute atomic E-state index is 0.0950. The number of hydrogen-bond donors (Lipinski definition) is 1. The van der Waals surface area contributed by atoms with Crippen LogP contribution in [0.1, 0.15) is 37.3 Å². The summed E-state index contributed by atoms with van der Waals surface area (Å²) in [5, 5.41) is 2.65. The van der Waals surface area contributed by atoms with Crippen LogP contribution in [-0.4, -0.2) is 39.8 Å². The highest BCUT2D eigenvalue weighted by Crippen LogP contribution is 2.27. The van der Waals surface area contributed by atoms with Gasteiger partial charge in [-0.25, -0.2) is 9.97 Å². The highest BCUT2D eigenvalue weighted by molar-refractivity contribution is 5.87. The number of piperidine rings is 1. The number of carbonyl (C=O) groups is 2. The molecule has 1 atom stereocenters. The lowest BCUT2D eigenvalue weighted by Gasteiger charge is -2.31. The van der Waals surface area contributed by atoms with Gasteiger partial charge in [-0.05, 0) is 31.9 Å². The maximum absolute atomic E-state index is 12.7. The molecular formula is C16H19F3N4O2. The molecule has 1 N–H and O–H groups in total. The van der Waals surface area contributed by atoms with Gasteiger partial charge in [0.15, 0.2) is 5.82 Å². The highest BCUT2D eigenvalue weighted by atomic mass is 19.4. The quantitative estimate of drug-likeness (QED) is 0.839. The first kappa shape index (κ1) is 18.9. The van der Waals surface area contributed by atoms with Crippen molar-refractivity contribution in [3.05, 3.63) is 36.4 Å². The molecule has 6 nitrogen and oxygen atoms in total. The lowest BCUT2D eigenvalue weighted by Crippen LogP contribution is -2.43. The van der Waals surface area contributed by atoms with Crippen LogP contribution in [0.3, 0.4) is 0 Å². The zero-order valence-corrected chi connectivity index (χ0v) is 13.7. The number of nitrogens with zero attached hydrogens (tertiary/aromatic N) is 3. The largest absolute Gasteiger partial charge is 0.433 e. The molecule has 0 bridgehead atoms. The van der Waals surface area contributed by atoms with E-state index >= 15 is 0 Å². The molecule has 1 aromatic rings. The van der Waals surface area contributed by atoms with Gasteiger partial charge < -0.3 is 10.2 Å². The van der Waals surface area contributed by atoms with Crippen molar-refractivity contribution in [3.8, 4) is 0 Å². The number of aromatic nitrogens is 2. The summed E-state index contributed by atoms with van der Waals surface area (Å²) in [5.74, 6) is -0.853. The predicted octanol–water partition coefficient (Wildman–Crippen LogP) is 2.10. The smallest absolute Gasteiger partial charge is 0.346 e. The fraction of sp³-hybridized carbons (Fsp3) is 0.500. The molecule has 1 unspecified atom stereocenters. The van der Waals surface area contributed by atoms with Gasteiger partial charge in [-0.1, -0.05) is 6.58 Å². The van der Waals surface area contributed by atoms with Gasteiger partial charge in [0.1, 0.15) is 5.69 Å². The van der Waals surface area contributed by atoms with Gasteiger partial charge in [-0.3, -0.25) is 9.59 Å². The van der Waals surface area contributed by atoms with Crippen LogP contribution in [0, 0.1) is 5.92 Å². The maximum atomic E-state index is 12.7. The molecule has 0 saturated carbocycles. The van der Waals surface area contributed by atoms with Gasteiger partial charge in [0.2, 0.25) is 11.8 Å². The van der Waals surface area contributed by atoms with Gasteiger partial charge in [-0.2, -0.15) is 13.2 Å². The van der Waals surface area contributed by atoms with Crippen LogP contribution in [0.4, 0.5) is 13.2 Å². The van der Waals surface area contributed by atoms with E-state index in [9.17, 15) is 22.8 Å². The van der Waals surface area contributed by atoms with E-state index < -0.39 is 17.9 Å². The van der Waals surface area contributed by atoms with Crippen LogP contribution in [0.2, 0.25) is 0 Å². The fourth-order valence-electron chi connectivity index (χ4n) is 2.63. The molecular weight excluding hydrogens is 337 g/mol. The Hall–Kier alpha value is -2.45. The van der Waals surface area contributed by atoms with Gasteiger partial charge in [0, 0.05) is 25.2 Å². The Morgan fingerprint density at radius 2 is 2.04 bits per heavy atom. The second-order valence-corrected chi connectivity index (χ2v) is 5.83. The fourth-order valence-corrected chi connectivity index (χ4v) is 2.63. The molecule has 0 radical (unpaired) electrons. The molecule has 9 heteroatoms. The summed E-state index contributed by atoms with van der Waals surface area (Å²) in [6.45, 7) is 5.84. The molecule has 0 spiro atoms. The van der Waals surface area contributed by atoms with Crippen molar-refractivity contribution >= 4 is 11.8 Å². The van der Waals surface area contributed by atoms with Gasteiger partial charge in [-0.15, -0.1) is 0 Å². The molecule has 1 aliphatic heterocycles. The summed E-state index contributed by atoms with van der Waals surface area (Å²) in [5.41, 5.74) is -1.05. The van der Waals surface area contributed by atoms with Crippen LogP contribution in [0.25, 0.3) is 0 Å². The summed E-state index contributed by atoms with van der Waals surface area (Å²) in [6.07, 6.45) is -1.34. The predicted molar refractivity (Wildman–Crippen MR) is 83.1 cm³/mol. The second kappa shape index (κ2) is 7.62. The van der Waals surface area contributed by atoms with E-state index in [1.807, 2.05) is 0 Å². The van der Waals surface area contributed by atoms with E-state index in [1.54, 1.807) is 4.90 Å². The number of amides is 2. The van der Waals surface area contributed by atoms with Crippen molar-refractivity contribution in [2.75, 3.05) is 13.1 Å². The third kappa shape index (κ3) is 4.77. The van der Waals surface area contributed by atoms with Crippen LogP contribution in [-0.2, 0) is 15.8 Å². The third-order valence-corrected chi connectivity index (χ3v) is 4.06. The summed E-state index contributed by atoms with van der Waals surface area (Å²) in [7, 11) is 0. The van der Waals surface area contributed by atoms with Crippen LogP contribution in [0.15, 0.2) is 24.9 Å². The summed E-state index contributed by atoms with van der Waals surface area (Å²) in [6, 6.07) is 0.0346. The van der Waals surface area contributed by atoms with Crippen molar-refractivity contribution in [3.63, 3.8) is 0 Å². The van der Waals surface area contributed by atoms with Gasteiger partial charge in [0.05, 0.1) is 6.04 Å². The maximum Gasteiger partial charge on any atom is 0.433 e. The second-order valence-electron chi connectivity index (χ2n) is 5.83. The Morgan fingerprint density at radius 1 is 1.40 bits per heavy atom. The normalized spacial score (nSPS) is 17.0. The molecule has 1 aromatic heterocycles.